The Morgan fingerprint density at radius 3 is 2.44 bits per heavy atom. The zero-order valence-electron chi connectivity index (χ0n) is 15.1. The molecule has 130 valence electrons. The van der Waals surface area contributed by atoms with Crippen LogP contribution in [0.15, 0.2) is 35.3 Å². The summed E-state index contributed by atoms with van der Waals surface area (Å²) in [5.74, 6) is 7.47. The van der Waals surface area contributed by atoms with Crippen LogP contribution < -0.4 is 0 Å². The van der Waals surface area contributed by atoms with Crippen molar-refractivity contribution in [1.82, 2.24) is 4.90 Å². The fourth-order valence-electron chi connectivity index (χ4n) is 1.82. The highest BCUT2D eigenvalue weighted by molar-refractivity contribution is 9.11. The van der Waals surface area contributed by atoms with E-state index >= 15 is 0 Å². The van der Waals surface area contributed by atoms with Crippen LogP contribution in [-0.2, 0) is 11.2 Å². The van der Waals surface area contributed by atoms with Crippen LogP contribution in [0.1, 0.15) is 15.9 Å². The lowest BCUT2D eigenvalue weighted by molar-refractivity contribution is -0.123. The molecule has 0 saturated heterocycles. The van der Waals surface area contributed by atoms with Crippen LogP contribution in [-0.4, -0.2) is 38.3 Å². The van der Waals surface area contributed by atoms with Crippen molar-refractivity contribution in [1.29, 1.82) is 0 Å². The van der Waals surface area contributed by atoms with Crippen molar-refractivity contribution in [2.45, 2.75) is 26.1 Å². The van der Waals surface area contributed by atoms with Crippen LogP contribution in [0.3, 0.4) is 0 Å². The molecule has 0 aliphatic carbocycles. The lowest BCUT2D eigenvalue weighted by Gasteiger charge is -2.10. The fraction of sp³-hybridized carbons (Fsp3) is 0.300. The van der Waals surface area contributed by atoms with Gasteiger partial charge in [-0.25, -0.2) is 0 Å². The first kappa shape index (κ1) is 21.0. The molecule has 1 rings (SSSR count). The molecule has 25 heavy (non-hydrogen) atoms. The first-order valence-electron chi connectivity index (χ1n) is 7.83. The van der Waals surface area contributed by atoms with E-state index in [4.69, 9.17) is 0 Å². The minimum atomic E-state index is -1.59. The van der Waals surface area contributed by atoms with E-state index in [1.54, 1.807) is 19.2 Å². The van der Waals surface area contributed by atoms with Crippen molar-refractivity contribution in [3.63, 3.8) is 0 Å². The Kier molecular flexibility index (Phi) is 7.89. The van der Waals surface area contributed by atoms with Gasteiger partial charge in [-0.1, -0.05) is 72.3 Å². The third-order valence-electron chi connectivity index (χ3n) is 3.05. The maximum Gasteiger partial charge on any atom is 0.298 e. The minimum Gasteiger partial charge on any atom is -0.324 e. The quantitative estimate of drug-likeness (QED) is 0.325. The second-order valence-corrected chi connectivity index (χ2v) is 12.5. The number of nitrogens with zero attached hydrogens (tertiary/aromatic N) is 1. The molecule has 0 aliphatic heterocycles. The van der Waals surface area contributed by atoms with E-state index in [0.717, 1.165) is 10.0 Å². The van der Waals surface area contributed by atoms with Gasteiger partial charge in [-0.05, 0) is 21.9 Å². The average Bonchev–Trinajstić information content (AvgIpc) is 2.51. The second-order valence-electron chi connectivity index (χ2n) is 6.64. The number of ketones is 1. The predicted molar refractivity (Wildman–Crippen MR) is 109 cm³/mol. The van der Waals surface area contributed by atoms with Crippen molar-refractivity contribution < 1.29 is 9.59 Å². The molecular weight excluding hydrogens is 394 g/mol. The Morgan fingerprint density at radius 1 is 1.20 bits per heavy atom. The molecule has 0 atom stereocenters. The molecule has 0 unspecified atom stereocenters. The maximum absolute atomic E-state index is 12.3. The Bertz CT molecular complexity index is 801. The van der Waals surface area contributed by atoms with Crippen LogP contribution in [0, 0.1) is 23.3 Å². The highest BCUT2D eigenvalue weighted by Crippen LogP contribution is 2.16. The summed E-state index contributed by atoms with van der Waals surface area (Å²) in [6.07, 6.45) is 0.564. The molecule has 0 saturated carbocycles. The molecule has 1 amide bonds. The van der Waals surface area contributed by atoms with Crippen LogP contribution in [0.5, 0.6) is 0 Å². The van der Waals surface area contributed by atoms with Gasteiger partial charge >= 0.3 is 0 Å². The number of carbonyl (C=O) groups is 2. The summed E-state index contributed by atoms with van der Waals surface area (Å²) in [6.45, 7) is 10.2. The molecule has 0 heterocycles. The van der Waals surface area contributed by atoms with Gasteiger partial charge in [-0.3, -0.25) is 9.59 Å². The number of hydrogen-bond acceptors (Lipinski definition) is 2. The summed E-state index contributed by atoms with van der Waals surface area (Å²) >= 11 is 3.31. The second kappa shape index (κ2) is 9.41. The fourth-order valence-corrected chi connectivity index (χ4v) is 2.60. The third kappa shape index (κ3) is 8.02. The number of benzene rings is 1. The van der Waals surface area contributed by atoms with E-state index in [0.29, 0.717) is 12.0 Å². The van der Waals surface area contributed by atoms with Crippen molar-refractivity contribution >= 4 is 35.7 Å². The highest BCUT2D eigenvalue weighted by Gasteiger charge is 2.11. The molecule has 0 bridgehead atoms. The van der Waals surface area contributed by atoms with E-state index in [-0.39, 0.29) is 18.2 Å². The molecule has 0 aliphatic rings. The summed E-state index contributed by atoms with van der Waals surface area (Å²) in [5, 5.41) is 0. The molecule has 5 heteroatoms. The van der Waals surface area contributed by atoms with Crippen LogP contribution in [0.2, 0.25) is 19.6 Å². The molecule has 0 spiro atoms. The van der Waals surface area contributed by atoms with E-state index in [9.17, 15) is 9.59 Å². The first-order chi connectivity index (χ1) is 11.6. The maximum atomic E-state index is 12.3. The number of Topliss-reactive ketones (excluding diaryl/α,β-unsaturated/α-hetero) is 1. The largest absolute Gasteiger partial charge is 0.324 e. The molecular formula is C20H22BrNO2Si. The molecule has 0 radical (unpaired) electrons. The van der Waals surface area contributed by atoms with Gasteiger partial charge in [0.25, 0.3) is 5.91 Å². The van der Waals surface area contributed by atoms with Gasteiger partial charge in [-0.2, -0.15) is 0 Å². The molecule has 0 fully saturated rings. The zero-order valence-corrected chi connectivity index (χ0v) is 17.7. The predicted octanol–water partition coefficient (Wildman–Crippen LogP) is 3.66. The number of carbonyl (C=O) groups excluding carboxylic acids is 2. The minimum absolute atomic E-state index is 0.165. The van der Waals surface area contributed by atoms with Gasteiger partial charge in [0.05, 0.1) is 6.54 Å². The first-order valence-corrected chi connectivity index (χ1v) is 12.1. The summed E-state index contributed by atoms with van der Waals surface area (Å²) in [7, 11) is 0.0394. The van der Waals surface area contributed by atoms with Gasteiger partial charge in [-0.15, -0.1) is 5.54 Å². The van der Waals surface area contributed by atoms with Crippen molar-refractivity contribution in [2.24, 2.45) is 0 Å². The highest BCUT2D eigenvalue weighted by atomic mass is 79.9. The molecule has 0 N–H and O–H groups in total. The lowest BCUT2D eigenvalue weighted by Crippen LogP contribution is -2.27. The Balaban J connectivity index is 2.78. The summed E-state index contributed by atoms with van der Waals surface area (Å²) < 4.78 is 0.798. The average molecular weight is 416 g/mol. The summed E-state index contributed by atoms with van der Waals surface area (Å²) in [4.78, 5) is 25.6. The Hall–Kier alpha value is -2.08. The van der Waals surface area contributed by atoms with Gasteiger partial charge in [0.1, 0.15) is 8.07 Å². The number of halogens is 1. The van der Waals surface area contributed by atoms with E-state index in [1.807, 2.05) is 12.1 Å². The Morgan fingerprint density at radius 2 is 1.84 bits per heavy atom. The summed E-state index contributed by atoms with van der Waals surface area (Å²) in [5.41, 5.74) is 4.45. The number of rotatable bonds is 4. The topological polar surface area (TPSA) is 37.4 Å². The standard InChI is InChI=1S/C20H22BrNO2Si/c1-16(21)15-17-9-6-7-10-18(17)19(23)11-8-13-22(2)20(24)12-14-25(3,4)5/h6-7,9-10H,1,13,15H2,2-5H3. The smallest absolute Gasteiger partial charge is 0.298 e. The van der Waals surface area contributed by atoms with Crippen molar-refractivity contribution in [3.05, 3.63) is 46.5 Å². The van der Waals surface area contributed by atoms with Crippen LogP contribution in [0.25, 0.3) is 0 Å². The summed E-state index contributed by atoms with van der Waals surface area (Å²) in [6, 6.07) is 7.30. The monoisotopic (exact) mass is 415 g/mol. The van der Waals surface area contributed by atoms with Gasteiger partial charge in [0.15, 0.2) is 0 Å². The van der Waals surface area contributed by atoms with E-state index in [2.05, 4.69) is 65.5 Å². The number of hydrogen-bond donors (Lipinski definition) is 0. The number of allylic oxidation sites excluding steroid dienone is 1. The van der Waals surface area contributed by atoms with Gasteiger partial charge in [0, 0.05) is 19.0 Å². The van der Waals surface area contributed by atoms with Crippen molar-refractivity contribution in [2.75, 3.05) is 13.6 Å². The molecule has 3 nitrogen and oxygen atoms in total. The van der Waals surface area contributed by atoms with Crippen LogP contribution >= 0.6 is 15.9 Å². The van der Waals surface area contributed by atoms with Crippen molar-refractivity contribution in [3.8, 4) is 23.3 Å². The lowest BCUT2D eigenvalue weighted by atomic mass is 10.0. The Labute approximate surface area is 159 Å². The SMILES string of the molecule is C=C(Br)Cc1ccccc1C(=O)C#CCN(C)C(=O)C#C[Si](C)(C)C. The zero-order chi connectivity index (χ0) is 19.0. The molecule has 1 aromatic carbocycles. The van der Waals surface area contributed by atoms with Gasteiger partial charge in [0.2, 0.25) is 5.78 Å². The third-order valence-corrected chi connectivity index (χ3v) is 4.21. The van der Waals surface area contributed by atoms with Crippen LogP contribution in [0.4, 0.5) is 0 Å². The van der Waals surface area contributed by atoms with E-state index < -0.39 is 8.07 Å². The molecule has 1 aromatic rings. The molecule has 0 aromatic heterocycles. The normalized spacial score (nSPS) is 9.96. The van der Waals surface area contributed by atoms with Gasteiger partial charge < -0.3 is 4.90 Å². The van der Waals surface area contributed by atoms with E-state index in [1.165, 1.54) is 4.90 Å². The number of amides is 1.